The molecule has 1 aliphatic carbocycles. The Morgan fingerprint density at radius 1 is 1.31 bits per heavy atom. The minimum atomic E-state index is 0.867. The molecule has 2 nitrogen and oxygen atoms in total. The molecule has 1 N–H and O–H groups in total. The first-order chi connectivity index (χ1) is 7.88. The minimum Gasteiger partial charge on any atom is -0.458 e. The van der Waals surface area contributed by atoms with E-state index in [9.17, 15) is 0 Å². The van der Waals surface area contributed by atoms with Crippen LogP contribution in [0, 0.1) is 0 Å². The molecule has 0 radical (unpaired) electrons. The largest absolute Gasteiger partial charge is 0.458 e. The summed E-state index contributed by atoms with van der Waals surface area (Å²) in [5.74, 6) is 1.86. The fourth-order valence-electron chi connectivity index (χ4n) is 1.72. The second kappa shape index (κ2) is 5.52. The molecule has 0 aliphatic heterocycles. The lowest BCUT2D eigenvalue weighted by Gasteiger charge is -2.10. The summed E-state index contributed by atoms with van der Waals surface area (Å²) < 4.78 is 5.79. The van der Waals surface area contributed by atoms with Crippen molar-refractivity contribution in [2.24, 2.45) is 0 Å². The molecule has 0 bridgehead atoms. The third-order valence-corrected chi connectivity index (χ3v) is 2.48. The van der Waals surface area contributed by atoms with E-state index >= 15 is 0 Å². The maximum atomic E-state index is 5.79. The van der Waals surface area contributed by atoms with Gasteiger partial charge in [0.1, 0.15) is 11.5 Å². The van der Waals surface area contributed by atoms with E-state index in [1.54, 1.807) is 0 Å². The molecule has 0 spiro atoms. The van der Waals surface area contributed by atoms with Crippen LogP contribution in [-0.2, 0) is 6.54 Å². The lowest BCUT2D eigenvalue weighted by atomic mass is 10.2. The van der Waals surface area contributed by atoms with E-state index in [1.807, 2.05) is 25.3 Å². The van der Waals surface area contributed by atoms with Gasteiger partial charge in [0.05, 0.1) is 0 Å². The van der Waals surface area contributed by atoms with Crippen molar-refractivity contribution < 1.29 is 4.74 Å². The van der Waals surface area contributed by atoms with Crippen LogP contribution in [0.5, 0.6) is 5.75 Å². The number of rotatable bonds is 4. The Balaban J connectivity index is 2.06. The second-order valence-electron chi connectivity index (χ2n) is 3.87. The normalized spacial score (nSPS) is 14.7. The highest BCUT2D eigenvalue weighted by Crippen LogP contribution is 2.19. The molecule has 0 heterocycles. The summed E-state index contributed by atoms with van der Waals surface area (Å²) in [4.78, 5) is 0. The summed E-state index contributed by atoms with van der Waals surface area (Å²) in [6.07, 6.45) is 8.50. The first-order valence-electron chi connectivity index (χ1n) is 5.66. The summed E-state index contributed by atoms with van der Waals surface area (Å²) in [5, 5.41) is 3.13. The molecule has 0 atom stereocenters. The topological polar surface area (TPSA) is 21.3 Å². The zero-order valence-corrected chi connectivity index (χ0v) is 9.57. The third-order valence-electron chi connectivity index (χ3n) is 2.48. The van der Waals surface area contributed by atoms with Gasteiger partial charge in [0.15, 0.2) is 0 Å². The smallest absolute Gasteiger partial charge is 0.127 e. The average Bonchev–Trinajstić information content (AvgIpc) is 2.31. The van der Waals surface area contributed by atoms with Crippen LogP contribution in [0.3, 0.4) is 0 Å². The molecule has 0 fully saturated rings. The molecule has 0 unspecified atom stereocenters. The lowest BCUT2D eigenvalue weighted by Crippen LogP contribution is -2.05. The molecule has 0 saturated carbocycles. The van der Waals surface area contributed by atoms with E-state index in [2.05, 4.69) is 29.6 Å². The Hall–Kier alpha value is -1.54. The molecule has 2 rings (SSSR count). The zero-order chi connectivity index (χ0) is 11.2. The molecule has 0 amide bonds. The van der Waals surface area contributed by atoms with E-state index in [0.717, 1.165) is 30.9 Å². The highest BCUT2D eigenvalue weighted by molar-refractivity contribution is 5.32. The zero-order valence-electron chi connectivity index (χ0n) is 9.57. The van der Waals surface area contributed by atoms with Gasteiger partial charge in [-0.15, -0.1) is 0 Å². The second-order valence-corrected chi connectivity index (χ2v) is 3.87. The van der Waals surface area contributed by atoms with Gasteiger partial charge >= 0.3 is 0 Å². The van der Waals surface area contributed by atoms with Crippen LogP contribution < -0.4 is 10.1 Å². The average molecular weight is 215 g/mol. The number of benzene rings is 1. The van der Waals surface area contributed by atoms with Crippen LogP contribution in [0.25, 0.3) is 0 Å². The van der Waals surface area contributed by atoms with Crippen molar-refractivity contribution >= 4 is 0 Å². The van der Waals surface area contributed by atoms with Gasteiger partial charge in [0.25, 0.3) is 0 Å². The van der Waals surface area contributed by atoms with E-state index < -0.39 is 0 Å². The van der Waals surface area contributed by atoms with E-state index in [1.165, 1.54) is 5.56 Å². The standard InChI is InChI=1S/C14H17NO/c1-15-11-12-6-5-9-14(10-12)16-13-7-3-2-4-8-13/h3,5-10,15H,2,4,11H2,1H3. The van der Waals surface area contributed by atoms with Gasteiger partial charge in [-0.25, -0.2) is 0 Å². The maximum Gasteiger partial charge on any atom is 0.127 e. The quantitative estimate of drug-likeness (QED) is 0.833. The van der Waals surface area contributed by atoms with Crippen LogP contribution in [0.15, 0.2) is 48.3 Å². The molecular weight excluding hydrogens is 198 g/mol. The Kier molecular flexibility index (Phi) is 3.78. The minimum absolute atomic E-state index is 0.867. The predicted octanol–water partition coefficient (Wildman–Crippen LogP) is 3.02. The Morgan fingerprint density at radius 3 is 3.00 bits per heavy atom. The third kappa shape index (κ3) is 2.97. The van der Waals surface area contributed by atoms with Gasteiger partial charge in [0.2, 0.25) is 0 Å². The Bertz CT molecular complexity index is 407. The van der Waals surface area contributed by atoms with Gasteiger partial charge in [-0.3, -0.25) is 0 Å². The first kappa shape index (κ1) is 11.0. The number of hydrogen-bond acceptors (Lipinski definition) is 2. The predicted molar refractivity (Wildman–Crippen MR) is 66.3 cm³/mol. The molecule has 1 aliphatic rings. The fourth-order valence-corrected chi connectivity index (χ4v) is 1.72. The Morgan fingerprint density at radius 2 is 2.25 bits per heavy atom. The van der Waals surface area contributed by atoms with Crippen molar-refractivity contribution in [2.45, 2.75) is 19.4 Å². The van der Waals surface area contributed by atoms with Gasteiger partial charge in [-0.2, -0.15) is 0 Å². The molecule has 1 aromatic rings. The monoisotopic (exact) mass is 215 g/mol. The van der Waals surface area contributed by atoms with Gasteiger partial charge in [-0.1, -0.05) is 18.2 Å². The van der Waals surface area contributed by atoms with Crippen LogP contribution in [0.1, 0.15) is 18.4 Å². The molecule has 16 heavy (non-hydrogen) atoms. The number of hydrogen-bond donors (Lipinski definition) is 1. The summed E-state index contributed by atoms with van der Waals surface area (Å²) >= 11 is 0. The number of allylic oxidation sites excluding steroid dienone is 3. The highest BCUT2D eigenvalue weighted by Gasteiger charge is 2.01. The molecule has 0 saturated heterocycles. The van der Waals surface area contributed by atoms with Crippen molar-refractivity contribution in [3.05, 3.63) is 53.8 Å². The lowest BCUT2D eigenvalue weighted by molar-refractivity contribution is 0.438. The van der Waals surface area contributed by atoms with Gasteiger partial charge in [-0.05, 0) is 49.7 Å². The van der Waals surface area contributed by atoms with Crippen LogP contribution in [0.4, 0.5) is 0 Å². The van der Waals surface area contributed by atoms with E-state index in [4.69, 9.17) is 4.74 Å². The van der Waals surface area contributed by atoms with Crippen molar-refractivity contribution in [3.63, 3.8) is 0 Å². The molecule has 1 aromatic carbocycles. The number of nitrogens with one attached hydrogen (secondary N) is 1. The SMILES string of the molecule is CNCc1cccc(OC2=CCCC=C2)c1. The van der Waals surface area contributed by atoms with Gasteiger partial charge in [0, 0.05) is 6.54 Å². The molecule has 84 valence electrons. The first-order valence-corrected chi connectivity index (χ1v) is 5.66. The molecule has 0 aromatic heterocycles. The molecular formula is C14H17NO. The van der Waals surface area contributed by atoms with Crippen LogP contribution >= 0.6 is 0 Å². The van der Waals surface area contributed by atoms with Crippen LogP contribution in [0.2, 0.25) is 0 Å². The van der Waals surface area contributed by atoms with Crippen LogP contribution in [-0.4, -0.2) is 7.05 Å². The summed E-state index contributed by atoms with van der Waals surface area (Å²) in [5.41, 5.74) is 1.24. The number of ether oxygens (including phenoxy) is 1. The summed E-state index contributed by atoms with van der Waals surface area (Å²) in [7, 11) is 1.94. The van der Waals surface area contributed by atoms with Crippen molar-refractivity contribution in [3.8, 4) is 5.75 Å². The van der Waals surface area contributed by atoms with Crippen molar-refractivity contribution in [1.82, 2.24) is 5.32 Å². The molecule has 2 heteroatoms. The van der Waals surface area contributed by atoms with Crippen molar-refractivity contribution in [1.29, 1.82) is 0 Å². The Labute approximate surface area is 96.6 Å². The van der Waals surface area contributed by atoms with Crippen molar-refractivity contribution in [2.75, 3.05) is 7.05 Å². The summed E-state index contributed by atoms with van der Waals surface area (Å²) in [6, 6.07) is 8.17. The van der Waals surface area contributed by atoms with E-state index in [0.29, 0.717) is 0 Å². The van der Waals surface area contributed by atoms with Gasteiger partial charge < -0.3 is 10.1 Å². The van der Waals surface area contributed by atoms with E-state index in [-0.39, 0.29) is 0 Å². The maximum absolute atomic E-state index is 5.79. The fraction of sp³-hybridized carbons (Fsp3) is 0.286. The summed E-state index contributed by atoms with van der Waals surface area (Å²) in [6.45, 7) is 0.867. The highest BCUT2D eigenvalue weighted by atomic mass is 16.5.